The quantitative estimate of drug-likeness (QED) is 0.780. The lowest BCUT2D eigenvalue weighted by Gasteiger charge is -2.27. The number of hydrogen-bond acceptors (Lipinski definition) is 4. The van der Waals surface area contributed by atoms with Gasteiger partial charge in [0.05, 0.1) is 13.2 Å². The van der Waals surface area contributed by atoms with Crippen molar-refractivity contribution in [2.24, 2.45) is 0 Å². The molecule has 0 aliphatic carbocycles. The number of benzene rings is 1. The van der Waals surface area contributed by atoms with Crippen molar-refractivity contribution in [3.63, 3.8) is 0 Å². The third-order valence-corrected chi connectivity index (χ3v) is 3.67. The number of ether oxygens (including phenoxy) is 1. The lowest BCUT2D eigenvalue weighted by atomic mass is 10.1. The van der Waals surface area contributed by atoms with Gasteiger partial charge in [-0.15, -0.1) is 0 Å². The van der Waals surface area contributed by atoms with E-state index in [1.54, 1.807) is 0 Å². The molecule has 0 aromatic heterocycles. The van der Waals surface area contributed by atoms with Crippen LogP contribution < -0.4 is 10.6 Å². The molecule has 4 nitrogen and oxygen atoms in total. The first kappa shape index (κ1) is 14.2. The average Bonchev–Trinajstić information content (AvgIpc) is 2.41. The lowest BCUT2D eigenvalue weighted by Crippen LogP contribution is -2.43. The molecule has 0 saturated carbocycles. The van der Waals surface area contributed by atoms with Gasteiger partial charge in [-0.25, -0.2) is 0 Å². The van der Waals surface area contributed by atoms with E-state index in [2.05, 4.69) is 17.6 Å². The number of phenols is 1. The minimum absolute atomic E-state index is 0.333. The molecule has 1 aliphatic heterocycles. The number of phenolic OH excluding ortho intramolecular Hbond substituents is 1. The first-order chi connectivity index (χ1) is 9.08. The number of rotatable bonds is 4. The maximum Gasteiger partial charge on any atom is 0.123 e. The van der Waals surface area contributed by atoms with Gasteiger partial charge in [-0.2, -0.15) is 0 Å². The van der Waals surface area contributed by atoms with E-state index in [9.17, 15) is 5.11 Å². The summed E-state index contributed by atoms with van der Waals surface area (Å²) in [7, 11) is 0. The molecule has 0 bridgehead atoms. The van der Waals surface area contributed by atoms with E-state index in [0.29, 0.717) is 17.8 Å². The van der Waals surface area contributed by atoms with Gasteiger partial charge in [-0.3, -0.25) is 0 Å². The van der Waals surface area contributed by atoms with Gasteiger partial charge in [0.2, 0.25) is 0 Å². The SMILES string of the molecule is Cc1ccc(NC(C)CC2COCCN2)c(C)c1O. The number of aromatic hydroxyl groups is 1. The number of nitrogens with one attached hydrogen (secondary N) is 2. The Hall–Kier alpha value is -1.26. The van der Waals surface area contributed by atoms with Crippen LogP contribution in [0.15, 0.2) is 12.1 Å². The van der Waals surface area contributed by atoms with Crippen LogP contribution in [0, 0.1) is 13.8 Å². The van der Waals surface area contributed by atoms with Crippen molar-refractivity contribution in [1.82, 2.24) is 5.32 Å². The summed E-state index contributed by atoms with van der Waals surface area (Å²) in [5.74, 6) is 0.385. The third kappa shape index (κ3) is 3.61. The molecule has 106 valence electrons. The zero-order valence-corrected chi connectivity index (χ0v) is 12.0. The number of morpholine rings is 1. The normalized spacial score (nSPS) is 21.1. The van der Waals surface area contributed by atoms with Gasteiger partial charge in [0, 0.05) is 29.9 Å². The van der Waals surface area contributed by atoms with E-state index < -0.39 is 0 Å². The second-order valence-corrected chi connectivity index (χ2v) is 5.41. The van der Waals surface area contributed by atoms with Gasteiger partial charge < -0.3 is 20.5 Å². The fourth-order valence-electron chi connectivity index (χ4n) is 2.51. The Morgan fingerprint density at radius 1 is 1.47 bits per heavy atom. The van der Waals surface area contributed by atoms with Crippen LogP contribution in [0.25, 0.3) is 0 Å². The lowest BCUT2D eigenvalue weighted by molar-refractivity contribution is 0.0731. The smallest absolute Gasteiger partial charge is 0.123 e. The summed E-state index contributed by atoms with van der Waals surface area (Å²) < 4.78 is 5.46. The Morgan fingerprint density at radius 2 is 2.26 bits per heavy atom. The summed E-state index contributed by atoms with van der Waals surface area (Å²) in [4.78, 5) is 0. The van der Waals surface area contributed by atoms with E-state index in [0.717, 1.165) is 43.0 Å². The second kappa shape index (κ2) is 6.26. The van der Waals surface area contributed by atoms with Crippen LogP contribution in [0.5, 0.6) is 5.75 Å². The molecule has 4 heteroatoms. The van der Waals surface area contributed by atoms with Crippen molar-refractivity contribution in [2.45, 2.75) is 39.3 Å². The predicted octanol–water partition coefficient (Wildman–Crippen LogP) is 2.19. The van der Waals surface area contributed by atoms with Crippen LogP contribution >= 0.6 is 0 Å². The van der Waals surface area contributed by atoms with Crippen molar-refractivity contribution in [2.75, 3.05) is 25.1 Å². The van der Waals surface area contributed by atoms with Crippen molar-refractivity contribution in [3.05, 3.63) is 23.3 Å². The molecule has 2 unspecified atom stereocenters. The summed E-state index contributed by atoms with van der Waals surface area (Å²) in [6.07, 6.45) is 1.01. The van der Waals surface area contributed by atoms with Gasteiger partial charge >= 0.3 is 0 Å². The molecule has 0 amide bonds. The van der Waals surface area contributed by atoms with E-state index in [1.165, 1.54) is 0 Å². The van der Waals surface area contributed by atoms with Gasteiger partial charge in [0.15, 0.2) is 0 Å². The highest BCUT2D eigenvalue weighted by Crippen LogP contribution is 2.28. The van der Waals surface area contributed by atoms with Crippen LogP contribution in [0.1, 0.15) is 24.5 Å². The van der Waals surface area contributed by atoms with Crippen LogP contribution in [0.3, 0.4) is 0 Å². The molecule has 1 aromatic carbocycles. The summed E-state index contributed by atoms with van der Waals surface area (Å²) in [6, 6.07) is 4.72. The maximum atomic E-state index is 9.95. The van der Waals surface area contributed by atoms with Gasteiger partial charge in [-0.1, -0.05) is 6.07 Å². The van der Waals surface area contributed by atoms with E-state index in [4.69, 9.17) is 4.74 Å². The van der Waals surface area contributed by atoms with Crippen LogP contribution in [0.2, 0.25) is 0 Å². The van der Waals surface area contributed by atoms with Crippen LogP contribution in [0.4, 0.5) is 5.69 Å². The molecule has 2 atom stereocenters. The molecule has 19 heavy (non-hydrogen) atoms. The predicted molar refractivity (Wildman–Crippen MR) is 77.9 cm³/mol. The van der Waals surface area contributed by atoms with Crippen LogP contribution in [-0.2, 0) is 4.74 Å². The fourth-order valence-corrected chi connectivity index (χ4v) is 2.51. The average molecular weight is 264 g/mol. The minimum atomic E-state index is 0.333. The highest BCUT2D eigenvalue weighted by atomic mass is 16.5. The molecule has 3 N–H and O–H groups in total. The Bertz CT molecular complexity index is 428. The van der Waals surface area contributed by atoms with Crippen molar-refractivity contribution < 1.29 is 9.84 Å². The fraction of sp³-hybridized carbons (Fsp3) is 0.600. The largest absolute Gasteiger partial charge is 0.507 e. The molecule has 1 saturated heterocycles. The topological polar surface area (TPSA) is 53.5 Å². The second-order valence-electron chi connectivity index (χ2n) is 5.41. The Kier molecular flexibility index (Phi) is 4.66. The molecule has 1 heterocycles. The number of hydrogen-bond donors (Lipinski definition) is 3. The Morgan fingerprint density at radius 3 is 2.95 bits per heavy atom. The monoisotopic (exact) mass is 264 g/mol. The summed E-state index contributed by atoms with van der Waals surface area (Å²) in [5, 5.41) is 16.9. The molecule has 1 aromatic rings. The Balaban J connectivity index is 1.94. The standard InChI is InChI=1S/C15H24N2O2/c1-10-4-5-14(12(3)15(10)18)17-11(2)8-13-9-19-7-6-16-13/h4-5,11,13,16-18H,6-9H2,1-3H3. The van der Waals surface area contributed by atoms with Crippen molar-refractivity contribution in [1.29, 1.82) is 0 Å². The highest BCUT2D eigenvalue weighted by Gasteiger charge is 2.17. The zero-order valence-electron chi connectivity index (χ0n) is 12.0. The molecule has 1 aliphatic rings. The number of anilines is 1. The zero-order chi connectivity index (χ0) is 13.8. The van der Waals surface area contributed by atoms with E-state index in [-0.39, 0.29) is 0 Å². The van der Waals surface area contributed by atoms with Crippen LogP contribution in [-0.4, -0.2) is 36.9 Å². The first-order valence-electron chi connectivity index (χ1n) is 6.94. The molecule has 0 radical (unpaired) electrons. The van der Waals surface area contributed by atoms with Gasteiger partial charge in [0.25, 0.3) is 0 Å². The van der Waals surface area contributed by atoms with Gasteiger partial charge in [0.1, 0.15) is 5.75 Å². The molecular weight excluding hydrogens is 240 g/mol. The molecule has 2 rings (SSSR count). The summed E-state index contributed by atoms with van der Waals surface area (Å²) in [5.41, 5.74) is 2.84. The van der Waals surface area contributed by atoms with E-state index >= 15 is 0 Å². The molecule has 1 fully saturated rings. The third-order valence-electron chi connectivity index (χ3n) is 3.67. The van der Waals surface area contributed by atoms with Crippen molar-refractivity contribution >= 4 is 5.69 Å². The first-order valence-corrected chi connectivity index (χ1v) is 6.94. The minimum Gasteiger partial charge on any atom is -0.507 e. The van der Waals surface area contributed by atoms with Gasteiger partial charge in [-0.05, 0) is 38.8 Å². The van der Waals surface area contributed by atoms with Crippen molar-refractivity contribution in [3.8, 4) is 5.75 Å². The maximum absolute atomic E-state index is 9.95. The van der Waals surface area contributed by atoms with E-state index in [1.807, 2.05) is 26.0 Å². The summed E-state index contributed by atoms with van der Waals surface area (Å²) >= 11 is 0. The highest BCUT2D eigenvalue weighted by molar-refractivity contribution is 5.59. The Labute approximate surface area is 115 Å². The molecule has 0 spiro atoms. The number of aryl methyl sites for hydroxylation is 1. The summed E-state index contributed by atoms with van der Waals surface area (Å²) in [6.45, 7) is 8.54. The molecular formula is C15H24N2O2.